The summed E-state index contributed by atoms with van der Waals surface area (Å²) in [7, 11) is 0. The molecule has 4 aliphatic heterocycles. The van der Waals surface area contributed by atoms with Crippen LogP contribution in [-0.2, 0) is 20.9 Å². The Kier molecular flexibility index (Phi) is 16.1. The number of likely N-dealkylation sites (tertiary alicyclic amines) is 2. The van der Waals surface area contributed by atoms with E-state index in [1.54, 1.807) is 36.7 Å². The van der Waals surface area contributed by atoms with Crippen molar-refractivity contribution in [1.29, 1.82) is 0 Å². The Morgan fingerprint density at radius 2 is 1.75 bits per heavy atom. The maximum atomic E-state index is 14.0. The molecule has 1 aromatic carbocycles. The second-order valence-corrected chi connectivity index (χ2v) is 22.8. The molecule has 72 heavy (non-hydrogen) atoms. The molecule has 4 aromatic heterocycles. The van der Waals surface area contributed by atoms with Gasteiger partial charge in [-0.3, -0.25) is 14.4 Å². The van der Waals surface area contributed by atoms with Crippen molar-refractivity contribution in [3.8, 4) is 16.2 Å². The molecule has 0 aliphatic carbocycles. The van der Waals surface area contributed by atoms with E-state index in [0.717, 1.165) is 63.4 Å². The molecule has 3 atom stereocenters. The number of thiazole rings is 1. The average molecular weight is 1040 g/mol. The number of hydrogen-bond acceptors (Lipinski definition) is 16. The van der Waals surface area contributed by atoms with Crippen molar-refractivity contribution in [2.24, 2.45) is 23.0 Å². The van der Waals surface area contributed by atoms with E-state index in [1.807, 2.05) is 61.6 Å². The molecule has 4 saturated heterocycles. The first-order valence-corrected chi connectivity index (χ1v) is 27.3. The zero-order valence-corrected chi connectivity index (χ0v) is 44.1. The molecule has 384 valence electrons. The predicted octanol–water partition coefficient (Wildman–Crippen LogP) is 7.27. The van der Waals surface area contributed by atoms with Gasteiger partial charge in [0.15, 0.2) is 0 Å². The van der Waals surface area contributed by atoms with Crippen molar-refractivity contribution in [2.45, 2.75) is 120 Å². The summed E-state index contributed by atoms with van der Waals surface area (Å²) in [5.74, 6) is 1.33. The number of nitrogens with zero attached hydrogens (tertiary/aromatic N) is 9. The summed E-state index contributed by atoms with van der Waals surface area (Å²) in [6.45, 7) is 15.1. The van der Waals surface area contributed by atoms with Gasteiger partial charge in [-0.25, -0.2) is 19.9 Å². The Morgan fingerprint density at radius 1 is 0.986 bits per heavy atom. The Bertz CT molecular complexity index is 2700. The minimum atomic E-state index is -0.856. The van der Waals surface area contributed by atoms with Gasteiger partial charge in [-0.1, -0.05) is 61.4 Å². The number of aromatic nitrogens is 5. The van der Waals surface area contributed by atoms with Gasteiger partial charge < -0.3 is 45.0 Å². The number of ether oxygens (including phenoxy) is 1. The minimum absolute atomic E-state index is 0.0499. The summed E-state index contributed by atoms with van der Waals surface area (Å²) in [6.07, 6.45) is 9.32. The number of aliphatic hydroxyl groups excluding tert-OH is 1. The largest absolute Gasteiger partial charge is 0.490 e. The number of amides is 3. The molecule has 0 saturated carbocycles. The number of β-amino-alcohol motifs (C(OH)–C–C–N with tert-alkyl or cyclic N) is 1. The van der Waals surface area contributed by atoms with Crippen molar-refractivity contribution in [3.05, 3.63) is 82.2 Å². The monoisotopic (exact) mass is 1040 g/mol. The van der Waals surface area contributed by atoms with Crippen LogP contribution in [0.15, 0.2) is 68.9 Å². The van der Waals surface area contributed by atoms with Gasteiger partial charge in [0.2, 0.25) is 17.7 Å². The first-order valence-electron chi connectivity index (χ1n) is 25.2. The second-order valence-electron chi connectivity index (χ2n) is 20.5. The Balaban J connectivity index is 0.786. The van der Waals surface area contributed by atoms with Crippen molar-refractivity contribution in [2.75, 3.05) is 62.2 Å². The van der Waals surface area contributed by atoms with Crippen molar-refractivity contribution in [3.63, 3.8) is 0 Å². The highest BCUT2D eigenvalue weighted by Gasteiger charge is 2.43. The molecule has 17 nitrogen and oxygen atoms in total. The highest BCUT2D eigenvalue weighted by molar-refractivity contribution is 7.99. The zero-order chi connectivity index (χ0) is 50.7. The SMILES string of the molecule is Cc1cc([C@H](C(=O)N2C[C@H](O)C[C@H]2C(=O)NCc2ccc(-c3scnc3C)cc2OC2CCN(C(=O)C3CCN(c4nccc(Sc5cnc(N6CCC(C)(CN)CC6)cn5)c4Cl)CC3)CC2)C(C)C)on1. The van der Waals surface area contributed by atoms with Gasteiger partial charge in [0.05, 0.1) is 45.3 Å². The fourth-order valence-electron chi connectivity index (χ4n) is 10.4. The van der Waals surface area contributed by atoms with E-state index in [4.69, 9.17) is 36.6 Å². The van der Waals surface area contributed by atoms with Crippen LogP contribution in [0.3, 0.4) is 0 Å². The average Bonchev–Trinajstić information content (AvgIpc) is 4.13. The van der Waals surface area contributed by atoms with E-state index >= 15 is 0 Å². The summed E-state index contributed by atoms with van der Waals surface area (Å²) in [4.78, 5) is 70.3. The van der Waals surface area contributed by atoms with E-state index in [9.17, 15) is 19.5 Å². The molecule has 4 N–H and O–H groups in total. The predicted molar refractivity (Wildman–Crippen MR) is 278 cm³/mol. The quantitative estimate of drug-likeness (QED) is 0.0942. The smallest absolute Gasteiger partial charge is 0.243 e. The van der Waals surface area contributed by atoms with E-state index < -0.39 is 18.1 Å². The number of carbonyl (C=O) groups excluding carboxylic acids is 3. The van der Waals surface area contributed by atoms with Gasteiger partial charge in [0.25, 0.3) is 0 Å². The van der Waals surface area contributed by atoms with Gasteiger partial charge in [0, 0.05) is 100 Å². The number of piperidine rings is 3. The zero-order valence-electron chi connectivity index (χ0n) is 41.8. The van der Waals surface area contributed by atoms with Crippen LogP contribution in [0.2, 0.25) is 5.02 Å². The molecule has 9 rings (SSSR count). The number of benzene rings is 1. The third kappa shape index (κ3) is 11.5. The number of halogens is 1. The molecule has 0 unspecified atom stereocenters. The summed E-state index contributed by atoms with van der Waals surface area (Å²) < 4.78 is 12.3. The Labute approximate surface area is 434 Å². The Hall–Kier alpha value is -5.34. The molecular formula is C52H66ClN11O6S2. The summed E-state index contributed by atoms with van der Waals surface area (Å²) in [6, 6.07) is 8.76. The third-order valence-corrected chi connectivity index (χ3v) is 17.4. The minimum Gasteiger partial charge on any atom is -0.490 e. The van der Waals surface area contributed by atoms with Crippen molar-refractivity contribution in [1.82, 2.24) is 40.2 Å². The first kappa shape index (κ1) is 51.6. The molecule has 0 bridgehead atoms. The number of nitrogens with one attached hydrogen (secondary N) is 1. The van der Waals surface area contributed by atoms with E-state index in [-0.39, 0.29) is 60.6 Å². The maximum absolute atomic E-state index is 14.0. The second kappa shape index (κ2) is 22.4. The van der Waals surface area contributed by atoms with Crippen molar-refractivity contribution < 1.29 is 28.8 Å². The van der Waals surface area contributed by atoms with Crippen LogP contribution < -0.4 is 25.6 Å². The van der Waals surface area contributed by atoms with Crippen LogP contribution in [0.4, 0.5) is 11.6 Å². The molecule has 8 heterocycles. The summed E-state index contributed by atoms with van der Waals surface area (Å²) in [5, 5.41) is 19.1. The van der Waals surface area contributed by atoms with Crippen LogP contribution in [0.1, 0.15) is 94.3 Å². The summed E-state index contributed by atoms with van der Waals surface area (Å²) in [5.41, 5.74) is 11.3. The molecule has 5 aromatic rings. The lowest BCUT2D eigenvalue weighted by molar-refractivity contribution is -0.141. The molecule has 20 heteroatoms. The standard InChI is InChI=1S/C52H66ClN11O6S2/c1-31(2)45(41-22-32(3)60-70-41)51(68)64-28-37(65)24-39(64)49(66)58-25-36-7-6-35(47-33(4)59-30-71-47)23-40(36)69-38-11-18-63(19-12-38)50(67)34-9-16-62(17-10-34)48-46(53)42(8-15-55-48)72-44-27-56-43(26-57-44)61-20-13-52(5,29-54)14-21-61/h6-8,15,22-23,26-27,30-31,34,37-39,45,65H,9-14,16-21,24-25,28-29,54H2,1-5H3,(H,58,66)/t37-,39+,45-/m1/s1. The Morgan fingerprint density at radius 3 is 2.40 bits per heavy atom. The van der Waals surface area contributed by atoms with Crippen molar-refractivity contribution >= 4 is 64.1 Å². The van der Waals surface area contributed by atoms with Crippen LogP contribution in [0.5, 0.6) is 5.75 Å². The van der Waals surface area contributed by atoms with Crippen LogP contribution in [-0.4, -0.2) is 128 Å². The van der Waals surface area contributed by atoms with Crippen LogP contribution in [0, 0.1) is 31.1 Å². The van der Waals surface area contributed by atoms with Gasteiger partial charge in [-0.05, 0) is 75.1 Å². The van der Waals surface area contributed by atoms with E-state index in [2.05, 4.69) is 37.2 Å². The molecule has 0 radical (unpaired) electrons. The summed E-state index contributed by atoms with van der Waals surface area (Å²) >= 11 is 10.0. The number of pyridine rings is 1. The van der Waals surface area contributed by atoms with E-state index in [0.29, 0.717) is 86.5 Å². The molecule has 4 fully saturated rings. The number of carbonyl (C=O) groups is 3. The highest BCUT2D eigenvalue weighted by Crippen LogP contribution is 2.40. The maximum Gasteiger partial charge on any atom is 0.243 e. The highest BCUT2D eigenvalue weighted by atomic mass is 35.5. The third-order valence-electron chi connectivity index (χ3n) is 14.9. The van der Waals surface area contributed by atoms with E-state index in [1.165, 1.54) is 16.7 Å². The topological polar surface area (TPSA) is 209 Å². The van der Waals surface area contributed by atoms with Crippen LogP contribution in [0.25, 0.3) is 10.4 Å². The number of hydrogen-bond donors (Lipinski definition) is 3. The molecular weight excluding hydrogens is 974 g/mol. The fourth-order valence-corrected chi connectivity index (χ4v) is 12.3. The number of anilines is 2. The lowest BCUT2D eigenvalue weighted by Crippen LogP contribution is -2.48. The fraction of sp³-hybridized carbons (Fsp3) is 0.538. The number of aryl methyl sites for hydroxylation is 2. The molecule has 0 spiro atoms. The lowest BCUT2D eigenvalue weighted by atomic mass is 9.80. The first-order chi connectivity index (χ1) is 34.7. The number of nitrogens with two attached hydrogens (primary N) is 1. The van der Waals surface area contributed by atoms with Gasteiger partial charge >= 0.3 is 0 Å². The van der Waals surface area contributed by atoms with Gasteiger partial charge in [-0.15, -0.1) is 11.3 Å². The normalized spacial score (nSPS) is 20.3. The number of aliphatic hydroxyl groups is 1. The molecule has 4 aliphatic rings. The van der Waals surface area contributed by atoms with Crippen LogP contribution >= 0.6 is 34.7 Å². The van der Waals surface area contributed by atoms with Gasteiger partial charge in [-0.2, -0.15) is 0 Å². The lowest BCUT2D eigenvalue weighted by Gasteiger charge is -2.39. The number of rotatable bonds is 15. The molecule has 3 amide bonds. The van der Waals surface area contributed by atoms with Gasteiger partial charge in [0.1, 0.15) is 46.2 Å².